The molecule has 3 heterocycles. The molecule has 2 aliphatic rings. The third kappa shape index (κ3) is 2.27. The molecule has 2 N–H and O–H groups in total. The highest BCUT2D eigenvalue weighted by Crippen LogP contribution is 2.31. The number of carbonyl (C=O) groups is 2. The van der Waals surface area contributed by atoms with Gasteiger partial charge in [-0.05, 0) is 44.5 Å². The lowest BCUT2D eigenvalue weighted by atomic mass is 9.96. The third-order valence-corrected chi connectivity index (χ3v) is 3.92. The third-order valence-electron chi connectivity index (χ3n) is 3.92. The van der Waals surface area contributed by atoms with Crippen LogP contribution in [0.25, 0.3) is 0 Å². The molecular formula is C14H18N4O2. The van der Waals surface area contributed by atoms with Crippen LogP contribution >= 0.6 is 0 Å². The van der Waals surface area contributed by atoms with Gasteiger partial charge in [-0.15, -0.1) is 0 Å². The molecule has 3 rings (SSSR count). The molecule has 2 aliphatic heterocycles. The molecule has 2 amide bonds. The first-order valence-corrected chi connectivity index (χ1v) is 6.94. The lowest BCUT2D eigenvalue weighted by Crippen LogP contribution is -2.47. The van der Waals surface area contributed by atoms with Crippen LogP contribution in [-0.2, 0) is 9.59 Å². The first-order chi connectivity index (χ1) is 9.66. The number of piperidine rings is 1. The molecule has 0 aliphatic carbocycles. The average Bonchev–Trinajstić information content (AvgIpc) is 2.48. The highest BCUT2D eigenvalue weighted by molar-refractivity contribution is 6.10. The van der Waals surface area contributed by atoms with Gasteiger partial charge >= 0.3 is 0 Å². The van der Waals surface area contributed by atoms with Crippen LogP contribution in [0, 0.1) is 12.8 Å². The predicted molar refractivity (Wildman–Crippen MR) is 75.6 cm³/mol. The lowest BCUT2D eigenvalue weighted by molar-refractivity contribution is -0.125. The molecule has 0 atom stereocenters. The zero-order valence-electron chi connectivity index (χ0n) is 11.5. The van der Waals surface area contributed by atoms with Crippen LogP contribution in [0.4, 0.5) is 11.5 Å². The summed E-state index contributed by atoms with van der Waals surface area (Å²) in [6.07, 6.45) is 3.31. The quantitative estimate of drug-likeness (QED) is 0.789. The summed E-state index contributed by atoms with van der Waals surface area (Å²) in [6.45, 7) is 3.67. The van der Waals surface area contributed by atoms with E-state index < -0.39 is 0 Å². The van der Waals surface area contributed by atoms with Gasteiger partial charge < -0.3 is 10.6 Å². The van der Waals surface area contributed by atoms with Gasteiger partial charge in [0.15, 0.2) is 5.82 Å². The van der Waals surface area contributed by atoms with Crippen molar-refractivity contribution in [3.8, 4) is 0 Å². The number of nitrogens with zero attached hydrogens (tertiary/aromatic N) is 2. The summed E-state index contributed by atoms with van der Waals surface area (Å²) in [7, 11) is 0. The van der Waals surface area contributed by atoms with Crippen molar-refractivity contribution >= 4 is 23.3 Å². The summed E-state index contributed by atoms with van der Waals surface area (Å²) >= 11 is 0. The Hall–Kier alpha value is -1.95. The topological polar surface area (TPSA) is 74.3 Å². The Kier molecular flexibility index (Phi) is 3.40. The minimum atomic E-state index is -0.157. The zero-order valence-corrected chi connectivity index (χ0v) is 11.5. The molecule has 0 aromatic carbocycles. The molecule has 6 nitrogen and oxygen atoms in total. The monoisotopic (exact) mass is 274 g/mol. The second-order valence-electron chi connectivity index (χ2n) is 5.32. The number of nitrogens with one attached hydrogen (secondary N) is 2. The minimum absolute atomic E-state index is 0.0145. The molecule has 1 fully saturated rings. The fraction of sp³-hybridized carbons (Fsp3) is 0.500. The van der Waals surface area contributed by atoms with Crippen molar-refractivity contribution in [1.29, 1.82) is 0 Å². The minimum Gasteiger partial charge on any atom is -0.321 e. The van der Waals surface area contributed by atoms with Crippen molar-refractivity contribution in [2.45, 2.75) is 19.8 Å². The van der Waals surface area contributed by atoms with Crippen molar-refractivity contribution in [2.24, 2.45) is 5.92 Å². The summed E-state index contributed by atoms with van der Waals surface area (Å²) < 4.78 is 0. The first-order valence-electron chi connectivity index (χ1n) is 6.94. The highest BCUT2D eigenvalue weighted by Gasteiger charge is 2.33. The average molecular weight is 274 g/mol. The first kappa shape index (κ1) is 13.1. The van der Waals surface area contributed by atoms with Gasteiger partial charge in [-0.25, -0.2) is 4.98 Å². The van der Waals surface area contributed by atoms with Crippen molar-refractivity contribution < 1.29 is 9.59 Å². The van der Waals surface area contributed by atoms with Crippen molar-refractivity contribution in [2.75, 3.05) is 29.9 Å². The van der Waals surface area contributed by atoms with E-state index in [4.69, 9.17) is 0 Å². The second-order valence-corrected chi connectivity index (χ2v) is 5.32. The largest absolute Gasteiger partial charge is 0.321 e. The van der Waals surface area contributed by atoms with Gasteiger partial charge in [-0.2, -0.15) is 0 Å². The zero-order chi connectivity index (χ0) is 14.1. The summed E-state index contributed by atoms with van der Waals surface area (Å²) in [5.41, 5.74) is 1.58. The van der Waals surface area contributed by atoms with E-state index in [9.17, 15) is 9.59 Å². The maximum absolute atomic E-state index is 12.7. The van der Waals surface area contributed by atoms with E-state index in [-0.39, 0.29) is 24.3 Å². The molecular weight excluding hydrogens is 256 g/mol. The van der Waals surface area contributed by atoms with Gasteiger partial charge in [0.05, 0.1) is 5.69 Å². The molecule has 0 spiro atoms. The normalized spacial score (nSPS) is 19.4. The number of anilines is 2. The fourth-order valence-corrected chi connectivity index (χ4v) is 2.77. The van der Waals surface area contributed by atoms with E-state index in [1.165, 1.54) is 4.90 Å². The molecule has 0 bridgehead atoms. The number of aryl methyl sites for hydroxylation is 1. The van der Waals surface area contributed by atoms with E-state index in [0.717, 1.165) is 31.5 Å². The Balaban J connectivity index is 1.92. The molecule has 0 radical (unpaired) electrons. The summed E-state index contributed by atoms with van der Waals surface area (Å²) in [4.78, 5) is 30.3. The Morgan fingerprint density at radius 1 is 1.40 bits per heavy atom. The standard InChI is InChI=1S/C14H18N4O2/c1-9-2-7-16-13-12(9)17-11(19)8-18(13)14(20)10-3-5-15-6-4-10/h2,7,10,15H,3-6,8H2,1H3,(H,17,19). The molecule has 1 aromatic heterocycles. The van der Waals surface area contributed by atoms with Crippen molar-refractivity contribution in [3.05, 3.63) is 17.8 Å². The van der Waals surface area contributed by atoms with E-state index in [1.54, 1.807) is 6.20 Å². The Morgan fingerprint density at radius 3 is 2.90 bits per heavy atom. The molecule has 20 heavy (non-hydrogen) atoms. The molecule has 0 saturated carbocycles. The van der Waals surface area contributed by atoms with Crippen molar-refractivity contribution in [3.63, 3.8) is 0 Å². The highest BCUT2D eigenvalue weighted by atomic mass is 16.2. The number of hydrogen-bond donors (Lipinski definition) is 2. The van der Waals surface area contributed by atoms with Gasteiger partial charge in [0, 0.05) is 12.1 Å². The van der Waals surface area contributed by atoms with Gasteiger partial charge in [-0.3, -0.25) is 14.5 Å². The van der Waals surface area contributed by atoms with E-state index in [2.05, 4.69) is 15.6 Å². The number of hydrogen-bond acceptors (Lipinski definition) is 4. The van der Waals surface area contributed by atoms with Crippen LogP contribution in [-0.4, -0.2) is 36.4 Å². The predicted octanol–water partition coefficient (Wildman–Crippen LogP) is 0.675. The number of aromatic nitrogens is 1. The summed E-state index contributed by atoms with van der Waals surface area (Å²) in [5.74, 6) is 0.419. The van der Waals surface area contributed by atoms with E-state index in [1.807, 2.05) is 13.0 Å². The maximum atomic E-state index is 12.7. The van der Waals surface area contributed by atoms with E-state index in [0.29, 0.717) is 11.5 Å². The Bertz CT molecular complexity index is 552. The number of rotatable bonds is 1. The number of amides is 2. The SMILES string of the molecule is Cc1ccnc2c1NC(=O)CN2C(=O)C1CCNCC1. The van der Waals surface area contributed by atoms with Gasteiger partial charge in [0.25, 0.3) is 0 Å². The van der Waals surface area contributed by atoms with Crippen molar-refractivity contribution in [1.82, 2.24) is 10.3 Å². The van der Waals surface area contributed by atoms with Crippen LogP contribution in [0.1, 0.15) is 18.4 Å². The van der Waals surface area contributed by atoms with Gasteiger partial charge in [0.1, 0.15) is 6.54 Å². The molecule has 106 valence electrons. The number of carbonyl (C=O) groups excluding carboxylic acids is 2. The van der Waals surface area contributed by atoms with Crippen LogP contribution in [0.3, 0.4) is 0 Å². The summed E-state index contributed by atoms with van der Waals surface area (Å²) in [6, 6.07) is 1.83. The fourth-order valence-electron chi connectivity index (χ4n) is 2.77. The molecule has 1 saturated heterocycles. The Morgan fingerprint density at radius 2 is 2.15 bits per heavy atom. The second kappa shape index (κ2) is 5.20. The van der Waals surface area contributed by atoms with E-state index >= 15 is 0 Å². The number of fused-ring (bicyclic) bond motifs is 1. The lowest BCUT2D eigenvalue weighted by Gasteiger charge is -2.32. The number of pyridine rings is 1. The van der Waals surface area contributed by atoms with Crippen LogP contribution < -0.4 is 15.5 Å². The van der Waals surface area contributed by atoms with Crippen LogP contribution in [0.2, 0.25) is 0 Å². The van der Waals surface area contributed by atoms with Gasteiger partial charge in [0.2, 0.25) is 11.8 Å². The molecule has 0 unspecified atom stereocenters. The molecule has 1 aromatic rings. The summed E-state index contributed by atoms with van der Waals surface area (Å²) in [5, 5.41) is 6.05. The van der Waals surface area contributed by atoms with Gasteiger partial charge in [-0.1, -0.05) is 0 Å². The molecule has 6 heteroatoms. The van der Waals surface area contributed by atoms with Crippen LogP contribution in [0.15, 0.2) is 12.3 Å². The smallest absolute Gasteiger partial charge is 0.244 e. The van der Waals surface area contributed by atoms with Crippen LogP contribution in [0.5, 0.6) is 0 Å². The Labute approximate surface area is 117 Å². The maximum Gasteiger partial charge on any atom is 0.244 e.